The predicted molar refractivity (Wildman–Crippen MR) is 85.5 cm³/mol. The summed E-state index contributed by atoms with van der Waals surface area (Å²) in [5.41, 5.74) is 2.10. The second-order valence-electron chi connectivity index (χ2n) is 5.56. The number of hydrogen-bond donors (Lipinski definition) is 1. The molecule has 0 aliphatic heterocycles. The molecule has 0 saturated heterocycles. The molecule has 0 atom stereocenters. The highest BCUT2D eigenvalue weighted by Gasteiger charge is 2.09. The molecule has 0 saturated carbocycles. The zero-order valence-electron chi connectivity index (χ0n) is 12.8. The van der Waals surface area contributed by atoms with Gasteiger partial charge in [-0.2, -0.15) is 5.10 Å². The molecule has 2 aromatic rings. The lowest BCUT2D eigenvalue weighted by Crippen LogP contribution is -2.19. The Hall–Kier alpha value is -1.52. The summed E-state index contributed by atoms with van der Waals surface area (Å²) in [6, 6.07) is 5.84. The summed E-state index contributed by atoms with van der Waals surface area (Å²) in [5, 5.41) is 8.19. The highest BCUT2D eigenvalue weighted by atomic mass is 35.5. The first-order valence-corrected chi connectivity index (χ1v) is 7.52. The van der Waals surface area contributed by atoms with Gasteiger partial charge in [-0.3, -0.25) is 4.68 Å². The highest BCUT2D eigenvalue weighted by molar-refractivity contribution is 6.32. The lowest BCUT2D eigenvalue weighted by atomic mass is 10.1. The maximum absolute atomic E-state index is 6.27. The first kappa shape index (κ1) is 15.9. The maximum Gasteiger partial charge on any atom is 0.142 e. The van der Waals surface area contributed by atoms with Crippen LogP contribution in [0.15, 0.2) is 30.6 Å². The normalized spacial score (nSPS) is 11.1. The number of hydrogen-bond acceptors (Lipinski definition) is 3. The van der Waals surface area contributed by atoms with E-state index in [-0.39, 0.29) is 0 Å². The van der Waals surface area contributed by atoms with E-state index in [0.717, 1.165) is 30.0 Å². The zero-order valence-corrected chi connectivity index (χ0v) is 13.5. The summed E-state index contributed by atoms with van der Waals surface area (Å²) < 4.78 is 7.66. The lowest BCUT2D eigenvalue weighted by Gasteiger charge is -2.14. The number of nitrogens with zero attached hydrogens (tertiary/aromatic N) is 2. The molecule has 1 aromatic carbocycles. The number of aromatic nitrogens is 2. The van der Waals surface area contributed by atoms with Crippen LogP contribution in [0.2, 0.25) is 5.02 Å². The number of para-hydroxylation sites is 1. The third-order valence-corrected chi connectivity index (χ3v) is 3.36. The predicted octanol–water partition coefficient (Wildman–Crippen LogP) is 3.40. The van der Waals surface area contributed by atoms with Gasteiger partial charge in [0, 0.05) is 30.9 Å². The van der Waals surface area contributed by atoms with Gasteiger partial charge in [0.2, 0.25) is 0 Å². The van der Waals surface area contributed by atoms with Crippen molar-refractivity contribution in [2.45, 2.75) is 27.0 Å². The van der Waals surface area contributed by atoms with Crippen molar-refractivity contribution in [2.24, 2.45) is 13.0 Å². The van der Waals surface area contributed by atoms with Crippen LogP contribution < -0.4 is 10.1 Å². The van der Waals surface area contributed by atoms with Gasteiger partial charge in [0.25, 0.3) is 0 Å². The van der Waals surface area contributed by atoms with Crippen molar-refractivity contribution in [1.29, 1.82) is 0 Å². The molecule has 0 unspecified atom stereocenters. The van der Waals surface area contributed by atoms with Crippen LogP contribution >= 0.6 is 11.6 Å². The minimum atomic E-state index is 0.467. The third kappa shape index (κ3) is 4.76. The van der Waals surface area contributed by atoms with Gasteiger partial charge < -0.3 is 10.1 Å². The molecular weight excluding hydrogens is 286 g/mol. The van der Waals surface area contributed by atoms with Crippen LogP contribution in [0.1, 0.15) is 25.0 Å². The summed E-state index contributed by atoms with van der Waals surface area (Å²) in [7, 11) is 1.89. The van der Waals surface area contributed by atoms with Crippen LogP contribution in [-0.2, 0) is 20.2 Å². The molecule has 2 rings (SSSR count). The van der Waals surface area contributed by atoms with E-state index in [2.05, 4.69) is 24.3 Å². The molecule has 4 nitrogen and oxygen atoms in total. The van der Waals surface area contributed by atoms with Crippen LogP contribution in [0, 0.1) is 5.92 Å². The van der Waals surface area contributed by atoms with E-state index < -0.39 is 0 Å². The fourth-order valence-electron chi connectivity index (χ4n) is 2.05. The highest BCUT2D eigenvalue weighted by Crippen LogP contribution is 2.29. The quantitative estimate of drug-likeness (QED) is 0.852. The Balaban J connectivity index is 2.02. The SMILES string of the molecule is CC(C)CNCc1cccc(Cl)c1OCc1cnn(C)c1. The van der Waals surface area contributed by atoms with Gasteiger partial charge >= 0.3 is 0 Å². The summed E-state index contributed by atoms with van der Waals surface area (Å²) in [6.07, 6.45) is 3.74. The summed E-state index contributed by atoms with van der Waals surface area (Å²) >= 11 is 6.27. The van der Waals surface area contributed by atoms with Crippen LogP contribution in [-0.4, -0.2) is 16.3 Å². The third-order valence-electron chi connectivity index (χ3n) is 3.06. The molecular formula is C16H22ClN3O. The first-order valence-electron chi connectivity index (χ1n) is 7.14. The van der Waals surface area contributed by atoms with Crippen molar-refractivity contribution in [3.05, 3.63) is 46.7 Å². The monoisotopic (exact) mass is 307 g/mol. The van der Waals surface area contributed by atoms with Crippen LogP contribution in [0.4, 0.5) is 0 Å². The van der Waals surface area contributed by atoms with Gasteiger partial charge in [-0.05, 0) is 18.5 Å². The summed E-state index contributed by atoms with van der Waals surface area (Å²) in [6.45, 7) is 6.56. The Morgan fingerprint density at radius 1 is 1.38 bits per heavy atom. The minimum absolute atomic E-state index is 0.467. The molecule has 0 bridgehead atoms. The number of nitrogens with one attached hydrogen (secondary N) is 1. The Labute approximate surface area is 131 Å². The van der Waals surface area contributed by atoms with E-state index >= 15 is 0 Å². The molecule has 5 heteroatoms. The molecule has 1 aromatic heterocycles. The Bertz CT molecular complexity index is 581. The molecule has 114 valence electrons. The maximum atomic E-state index is 6.27. The molecule has 0 radical (unpaired) electrons. The van der Waals surface area contributed by atoms with Gasteiger partial charge in [0.15, 0.2) is 0 Å². The number of ether oxygens (including phenoxy) is 1. The van der Waals surface area contributed by atoms with Crippen LogP contribution in [0.3, 0.4) is 0 Å². The smallest absolute Gasteiger partial charge is 0.142 e. The van der Waals surface area contributed by atoms with Crippen molar-refractivity contribution in [3.8, 4) is 5.75 Å². The zero-order chi connectivity index (χ0) is 15.2. The molecule has 0 fully saturated rings. The average Bonchev–Trinajstić information content (AvgIpc) is 2.83. The molecule has 1 heterocycles. The average molecular weight is 308 g/mol. The number of rotatable bonds is 7. The molecule has 0 spiro atoms. The fraction of sp³-hybridized carbons (Fsp3) is 0.438. The number of benzene rings is 1. The lowest BCUT2D eigenvalue weighted by molar-refractivity contribution is 0.302. The van der Waals surface area contributed by atoms with E-state index in [9.17, 15) is 0 Å². The van der Waals surface area contributed by atoms with Crippen molar-refractivity contribution in [3.63, 3.8) is 0 Å². The second kappa shape index (κ2) is 7.48. The minimum Gasteiger partial charge on any atom is -0.487 e. The first-order chi connectivity index (χ1) is 10.1. The van der Waals surface area contributed by atoms with E-state index in [4.69, 9.17) is 16.3 Å². The van der Waals surface area contributed by atoms with Gasteiger partial charge in [0.05, 0.1) is 11.2 Å². The van der Waals surface area contributed by atoms with E-state index in [0.29, 0.717) is 17.5 Å². The van der Waals surface area contributed by atoms with Gasteiger partial charge in [-0.1, -0.05) is 37.6 Å². The largest absolute Gasteiger partial charge is 0.487 e. The second-order valence-corrected chi connectivity index (χ2v) is 5.97. The topological polar surface area (TPSA) is 39.1 Å². The Morgan fingerprint density at radius 2 is 2.19 bits per heavy atom. The molecule has 0 amide bonds. The van der Waals surface area contributed by atoms with E-state index in [1.165, 1.54) is 0 Å². The van der Waals surface area contributed by atoms with Crippen molar-refractivity contribution in [2.75, 3.05) is 6.54 Å². The van der Waals surface area contributed by atoms with Crippen LogP contribution in [0.25, 0.3) is 0 Å². The fourth-order valence-corrected chi connectivity index (χ4v) is 2.30. The molecule has 0 aliphatic rings. The van der Waals surface area contributed by atoms with Crippen molar-refractivity contribution in [1.82, 2.24) is 15.1 Å². The number of halogens is 1. The Kier molecular flexibility index (Phi) is 5.65. The molecule has 1 N–H and O–H groups in total. The van der Waals surface area contributed by atoms with Gasteiger partial charge in [-0.15, -0.1) is 0 Å². The van der Waals surface area contributed by atoms with E-state index in [1.54, 1.807) is 10.9 Å². The number of aryl methyl sites for hydroxylation is 1. The van der Waals surface area contributed by atoms with E-state index in [1.807, 2.05) is 31.4 Å². The molecule has 0 aliphatic carbocycles. The summed E-state index contributed by atoms with van der Waals surface area (Å²) in [5.74, 6) is 1.36. The van der Waals surface area contributed by atoms with Gasteiger partial charge in [0.1, 0.15) is 12.4 Å². The van der Waals surface area contributed by atoms with Crippen LogP contribution in [0.5, 0.6) is 5.75 Å². The van der Waals surface area contributed by atoms with Crippen molar-refractivity contribution < 1.29 is 4.74 Å². The van der Waals surface area contributed by atoms with Gasteiger partial charge in [-0.25, -0.2) is 0 Å². The molecule has 21 heavy (non-hydrogen) atoms. The van der Waals surface area contributed by atoms with Crippen molar-refractivity contribution >= 4 is 11.6 Å². The Morgan fingerprint density at radius 3 is 2.86 bits per heavy atom. The summed E-state index contributed by atoms with van der Waals surface area (Å²) in [4.78, 5) is 0. The standard InChI is InChI=1S/C16H22ClN3O/c1-12(2)7-18-9-14-5-4-6-15(17)16(14)21-11-13-8-19-20(3)10-13/h4-6,8,10,12,18H,7,9,11H2,1-3H3.